The second kappa shape index (κ2) is 5.35. The van der Waals surface area contributed by atoms with Gasteiger partial charge in [0, 0.05) is 18.7 Å². The van der Waals surface area contributed by atoms with Crippen molar-refractivity contribution < 1.29 is 13.2 Å². The number of hydrogen-bond acceptors (Lipinski definition) is 2. The van der Waals surface area contributed by atoms with Crippen molar-refractivity contribution in [3.8, 4) is 0 Å². The summed E-state index contributed by atoms with van der Waals surface area (Å²) in [6.45, 7) is 1.78. The average Bonchev–Trinajstić information content (AvgIpc) is 2.19. The van der Waals surface area contributed by atoms with Crippen LogP contribution in [0.1, 0.15) is 25.5 Å². The van der Waals surface area contributed by atoms with Gasteiger partial charge < -0.3 is 10.3 Å². The highest BCUT2D eigenvalue weighted by Crippen LogP contribution is 2.28. The van der Waals surface area contributed by atoms with Crippen LogP contribution >= 0.6 is 0 Å². The van der Waals surface area contributed by atoms with Gasteiger partial charge in [-0.25, -0.2) is 0 Å². The zero-order valence-corrected chi connectivity index (χ0v) is 9.50. The zero-order valence-electron chi connectivity index (χ0n) is 9.50. The van der Waals surface area contributed by atoms with Gasteiger partial charge in [-0.15, -0.1) is 0 Å². The molecule has 0 spiro atoms. The summed E-state index contributed by atoms with van der Waals surface area (Å²) in [5.74, 6) is 0. The molecule has 0 aromatic carbocycles. The van der Waals surface area contributed by atoms with Crippen LogP contribution in [-0.2, 0) is 12.7 Å². The summed E-state index contributed by atoms with van der Waals surface area (Å²) in [5.41, 5.74) is 4.05. The van der Waals surface area contributed by atoms with Crippen molar-refractivity contribution in [2.24, 2.45) is 5.73 Å². The molecule has 2 N–H and O–H groups in total. The van der Waals surface area contributed by atoms with Crippen molar-refractivity contribution in [1.29, 1.82) is 0 Å². The first-order valence-corrected chi connectivity index (χ1v) is 5.39. The van der Waals surface area contributed by atoms with Crippen LogP contribution in [0.5, 0.6) is 0 Å². The summed E-state index contributed by atoms with van der Waals surface area (Å²) in [4.78, 5) is 11.4. The van der Waals surface area contributed by atoms with Gasteiger partial charge in [0.25, 0.3) is 5.56 Å². The quantitative estimate of drug-likeness (QED) is 0.885. The highest BCUT2D eigenvalue weighted by molar-refractivity contribution is 5.10. The second-order valence-electron chi connectivity index (χ2n) is 3.91. The molecular formula is C11H15F3N2O. The lowest BCUT2D eigenvalue weighted by molar-refractivity contribution is -0.144. The van der Waals surface area contributed by atoms with Crippen molar-refractivity contribution in [1.82, 2.24) is 4.57 Å². The van der Waals surface area contributed by atoms with Gasteiger partial charge in [-0.1, -0.05) is 19.4 Å². The Hall–Kier alpha value is -1.30. The van der Waals surface area contributed by atoms with Crippen LogP contribution in [-0.4, -0.2) is 10.6 Å². The topological polar surface area (TPSA) is 48.0 Å². The van der Waals surface area contributed by atoms with Crippen molar-refractivity contribution in [3.63, 3.8) is 0 Å². The molecule has 0 saturated carbocycles. The summed E-state index contributed by atoms with van der Waals surface area (Å²) in [6, 6.07) is 2.65. The zero-order chi connectivity index (χ0) is 13.1. The molecule has 3 nitrogen and oxygen atoms in total. The van der Waals surface area contributed by atoms with Crippen LogP contribution in [0.15, 0.2) is 23.0 Å². The molecule has 1 heterocycles. The number of alkyl halides is 3. The van der Waals surface area contributed by atoms with Gasteiger partial charge in [0.15, 0.2) is 0 Å². The molecule has 0 aliphatic heterocycles. The van der Waals surface area contributed by atoms with Crippen molar-refractivity contribution in [3.05, 3.63) is 34.2 Å². The fourth-order valence-electron chi connectivity index (χ4n) is 1.65. The molecule has 1 rings (SSSR count). The predicted octanol–water partition coefficient (Wildman–Crippen LogP) is 1.99. The molecule has 17 heavy (non-hydrogen) atoms. The molecule has 0 saturated heterocycles. The van der Waals surface area contributed by atoms with Crippen LogP contribution in [0.25, 0.3) is 0 Å². The Bertz CT molecular complexity index is 425. The molecule has 0 fully saturated rings. The molecule has 0 amide bonds. The molecule has 1 unspecified atom stereocenters. The molecule has 96 valence electrons. The summed E-state index contributed by atoms with van der Waals surface area (Å²) in [5, 5.41) is 0. The Balaban J connectivity index is 3.09. The highest BCUT2D eigenvalue weighted by Gasteiger charge is 2.34. The van der Waals surface area contributed by atoms with E-state index in [1.807, 2.05) is 6.92 Å². The summed E-state index contributed by atoms with van der Waals surface area (Å²) in [7, 11) is 0. The smallest absolute Gasteiger partial charge is 0.326 e. The Morgan fingerprint density at radius 3 is 2.59 bits per heavy atom. The van der Waals surface area contributed by atoms with E-state index in [0.29, 0.717) is 11.0 Å². The maximum atomic E-state index is 12.7. The molecule has 0 bridgehead atoms. The first kappa shape index (κ1) is 13.8. The normalized spacial score (nSPS) is 13.7. The van der Waals surface area contributed by atoms with Crippen LogP contribution in [0.4, 0.5) is 13.2 Å². The monoisotopic (exact) mass is 248 g/mol. The fraction of sp³-hybridized carbons (Fsp3) is 0.545. The maximum Gasteiger partial charge on any atom is 0.431 e. The minimum absolute atomic E-state index is 0.109. The van der Waals surface area contributed by atoms with Crippen molar-refractivity contribution >= 4 is 0 Å². The molecule has 1 aromatic heterocycles. The fourth-order valence-corrected chi connectivity index (χ4v) is 1.65. The van der Waals surface area contributed by atoms with Crippen LogP contribution < -0.4 is 11.3 Å². The summed E-state index contributed by atoms with van der Waals surface area (Å²) >= 11 is 0. The SMILES string of the molecule is CCCC(N)Cn1c(C(F)(F)F)cccc1=O. The number of hydrogen-bond donors (Lipinski definition) is 1. The van der Waals surface area contributed by atoms with E-state index < -0.39 is 23.5 Å². The van der Waals surface area contributed by atoms with Gasteiger partial charge in [0.05, 0.1) is 0 Å². The van der Waals surface area contributed by atoms with E-state index in [1.165, 1.54) is 0 Å². The van der Waals surface area contributed by atoms with Gasteiger partial charge in [-0.2, -0.15) is 13.2 Å². The molecule has 0 aliphatic rings. The highest BCUT2D eigenvalue weighted by atomic mass is 19.4. The largest absolute Gasteiger partial charge is 0.431 e. The minimum Gasteiger partial charge on any atom is -0.326 e. The third kappa shape index (κ3) is 3.59. The lowest BCUT2D eigenvalue weighted by atomic mass is 10.1. The Morgan fingerprint density at radius 1 is 1.41 bits per heavy atom. The third-order valence-electron chi connectivity index (χ3n) is 2.42. The van der Waals surface area contributed by atoms with E-state index in [0.717, 1.165) is 24.6 Å². The number of pyridine rings is 1. The van der Waals surface area contributed by atoms with Gasteiger partial charge in [-0.3, -0.25) is 4.79 Å². The maximum absolute atomic E-state index is 12.7. The number of aromatic nitrogens is 1. The summed E-state index contributed by atoms with van der Waals surface area (Å²) < 4.78 is 38.7. The lowest BCUT2D eigenvalue weighted by Crippen LogP contribution is -2.35. The van der Waals surface area contributed by atoms with Gasteiger partial charge in [0.1, 0.15) is 5.69 Å². The summed E-state index contributed by atoms with van der Waals surface area (Å²) in [6.07, 6.45) is -3.19. The van der Waals surface area contributed by atoms with E-state index in [2.05, 4.69) is 0 Å². The minimum atomic E-state index is -4.54. The van der Waals surface area contributed by atoms with Crippen molar-refractivity contribution in [2.75, 3.05) is 0 Å². The van der Waals surface area contributed by atoms with Crippen LogP contribution in [0.2, 0.25) is 0 Å². The number of rotatable bonds is 4. The van der Waals surface area contributed by atoms with E-state index >= 15 is 0 Å². The predicted molar refractivity (Wildman–Crippen MR) is 58.6 cm³/mol. The van der Waals surface area contributed by atoms with E-state index in [-0.39, 0.29) is 6.54 Å². The van der Waals surface area contributed by atoms with Crippen LogP contribution in [0, 0.1) is 0 Å². The lowest BCUT2D eigenvalue weighted by Gasteiger charge is -2.18. The molecule has 1 aromatic rings. The van der Waals surface area contributed by atoms with Gasteiger partial charge in [0.2, 0.25) is 0 Å². The van der Waals surface area contributed by atoms with E-state index in [1.54, 1.807) is 0 Å². The Kier molecular flexibility index (Phi) is 4.34. The molecule has 0 radical (unpaired) electrons. The Labute approximate surface area is 97.0 Å². The molecule has 0 aliphatic carbocycles. The molecule has 6 heteroatoms. The Morgan fingerprint density at radius 2 is 2.06 bits per heavy atom. The average molecular weight is 248 g/mol. The number of nitrogens with zero attached hydrogens (tertiary/aromatic N) is 1. The van der Waals surface area contributed by atoms with Crippen LogP contribution in [0.3, 0.4) is 0 Å². The second-order valence-corrected chi connectivity index (χ2v) is 3.91. The van der Waals surface area contributed by atoms with Gasteiger partial charge in [-0.05, 0) is 12.5 Å². The first-order valence-electron chi connectivity index (χ1n) is 5.39. The van der Waals surface area contributed by atoms with E-state index in [9.17, 15) is 18.0 Å². The standard InChI is InChI=1S/C11H15F3N2O/c1-2-4-8(15)7-16-9(11(12,13)14)5-3-6-10(16)17/h3,5-6,8H,2,4,7,15H2,1H3. The third-order valence-corrected chi connectivity index (χ3v) is 2.42. The first-order chi connectivity index (χ1) is 7.86. The van der Waals surface area contributed by atoms with Crippen molar-refractivity contribution in [2.45, 2.75) is 38.5 Å². The number of nitrogens with two attached hydrogens (primary N) is 1. The molecular weight excluding hydrogens is 233 g/mol. The van der Waals surface area contributed by atoms with E-state index in [4.69, 9.17) is 5.73 Å². The molecule has 1 atom stereocenters. The number of halogens is 3. The van der Waals surface area contributed by atoms with Gasteiger partial charge >= 0.3 is 6.18 Å².